The van der Waals surface area contributed by atoms with Crippen LogP contribution in [0.1, 0.15) is 12.7 Å². The zero-order valence-electron chi connectivity index (χ0n) is 12.1. The van der Waals surface area contributed by atoms with Gasteiger partial charge >= 0.3 is 5.97 Å². The molecule has 116 valence electrons. The van der Waals surface area contributed by atoms with Crippen LogP contribution in [0, 0.1) is 6.92 Å². The van der Waals surface area contributed by atoms with E-state index in [0.717, 1.165) is 0 Å². The van der Waals surface area contributed by atoms with Gasteiger partial charge in [0.05, 0.1) is 0 Å². The number of carbonyl (C=O) groups excluding carboxylic acids is 1. The molecule has 0 radical (unpaired) electrons. The molecule has 21 heavy (non-hydrogen) atoms. The van der Waals surface area contributed by atoms with E-state index >= 15 is 0 Å². The van der Waals surface area contributed by atoms with Gasteiger partial charge in [0, 0.05) is 32.2 Å². The second kappa shape index (κ2) is 6.57. The van der Waals surface area contributed by atoms with Crippen LogP contribution < -0.4 is 4.74 Å². The summed E-state index contributed by atoms with van der Waals surface area (Å²) in [6, 6.07) is 1.08. The van der Waals surface area contributed by atoms with Gasteiger partial charge < -0.3 is 19.3 Å². The van der Waals surface area contributed by atoms with E-state index in [9.17, 15) is 9.59 Å². The molecule has 1 atom stereocenters. The molecular weight excluding hydrogens is 278 g/mol. The minimum Gasteiger partial charge on any atom is -0.480 e. The Balaban J connectivity index is 1.76. The van der Waals surface area contributed by atoms with Gasteiger partial charge in [-0.25, -0.2) is 0 Å². The fourth-order valence-corrected chi connectivity index (χ4v) is 2.15. The average molecular weight is 297 g/mol. The first-order chi connectivity index (χ1) is 9.97. The van der Waals surface area contributed by atoms with Gasteiger partial charge in [-0.3, -0.25) is 14.5 Å². The zero-order valence-corrected chi connectivity index (χ0v) is 12.1. The molecule has 0 aromatic carbocycles. The third-order valence-corrected chi connectivity index (χ3v) is 3.52. The minimum absolute atomic E-state index is 0.0968. The van der Waals surface area contributed by atoms with Crippen molar-refractivity contribution in [1.82, 2.24) is 15.0 Å². The van der Waals surface area contributed by atoms with Crippen LogP contribution in [0.25, 0.3) is 0 Å². The Hall–Kier alpha value is -2.09. The molecule has 1 saturated heterocycles. The molecule has 1 N–H and O–H groups in total. The maximum absolute atomic E-state index is 12.0. The molecule has 8 heteroatoms. The van der Waals surface area contributed by atoms with Crippen molar-refractivity contribution in [2.24, 2.45) is 0 Å². The number of rotatable bonds is 5. The molecule has 0 aliphatic carbocycles. The van der Waals surface area contributed by atoms with Crippen molar-refractivity contribution in [3.05, 3.63) is 11.8 Å². The molecule has 1 aromatic rings. The van der Waals surface area contributed by atoms with E-state index in [-0.39, 0.29) is 12.5 Å². The van der Waals surface area contributed by atoms with Crippen LogP contribution in [0.15, 0.2) is 10.6 Å². The van der Waals surface area contributed by atoms with E-state index < -0.39 is 12.0 Å². The van der Waals surface area contributed by atoms with E-state index in [1.807, 2.05) is 4.90 Å². The van der Waals surface area contributed by atoms with Gasteiger partial charge in [-0.15, -0.1) is 0 Å². The molecule has 0 saturated carbocycles. The Labute approximate surface area is 122 Å². The number of piperazine rings is 1. The Morgan fingerprint density at radius 2 is 2.10 bits per heavy atom. The molecule has 2 rings (SSSR count). The average Bonchev–Trinajstić information content (AvgIpc) is 2.89. The number of ether oxygens (including phenoxy) is 1. The molecule has 8 nitrogen and oxygen atoms in total. The monoisotopic (exact) mass is 297 g/mol. The highest BCUT2D eigenvalue weighted by Crippen LogP contribution is 2.11. The van der Waals surface area contributed by atoms with Crippen molar-refractivity contribution in [2.45, 2.75) is 19.9 Å². The molecular formula is C13H19N3O5. The summed E-state index contributed by atoms with van der Waals surface area (Å²) in [7, 11) is 0. The number of carboxylic acids is 1. The number of nitrogens with zero attached hydrogens (tertiary/aromatic N) is 3. The summed E-state index contributed by atoms with van der Waals surface area (Å²) < 4.78 is 10.1. The summed E-state index contributed by atoms with van der Waals surface area (Å²) in [5.74, 6) is -0.0782. The Kier molecular flexibility index (Phi) is 4.79. The van der Waals surface area contributed by atoms with Crippen molar-refractivity contribution >= 4 is 11.9 Å². The van der Waals surface area contributed by atoms with Crippen molar-refractivity contribution in [3.63, 3.8) is 0 Å². The number of carboxylic acid groups (broad SMARTS) is 1. The van der Waals surface area contributed by atoms with Gasteiger partial charge in [0.15, 0.2) is 6.61 Å². The van der Waals surface area contributed by atoms with E-state index in [1.54, 1.807) is 24.8 Å². The number of amides is 1. The third-order valence-electron chi connectivity index (χ3n) is 3.52. The van der Waals surface area contributed by atoms with E-state index in [1.165, 1.54) is 0 Å². The summed E-state index contributed by atoms with van der Waals surface area (Å²) in [6.45, 7) is 5.38. The summed E-state index contributed by atoms with van der Waals surface area (Å²) in [5.41, 5.74) is 0. The van der Waals surface area contributed by atoms with Crippen molar-refractivity contribution in [2.75, 3.05) is 32.8 Å². The van der Waals surface area contributed by atoms with Crippen LogP contribution in [-0.2, 0) is 9.59 Å². The van der Waals surface area contributed by atoms with E-state index in [0.29, 0.717) is 37.8 Å². The number of hydrogen-bond donors (Lipinski definition) is 1. The van der Waals surface area contributed by atoms with Gasteiger partial charge in [0.2, 0.25) is 0 Å². The minimum atomic E-state index is -0.848. The molecule has 1 fully saturated rings. The first-order valence-electron chi connectivity index (χ1n) is 6.78. The maximum Gasteiger partial charge on any atom is 0.320 e. The second-order valence-corrected chi connectivity index (χ2v) is 5.00. The molecule has 0 spiro atoms. The van der Waals surface area contributed by atoms with Gasteiger partial charge in [0.1, 0.15) is 11.8 Å². The molecule has 1 aliphatic heterocycles. The van der Waals surface area contributed by atoms with Crippen LogP contribution in [0.3, 0.4) is 0 Å². The molecule has 1 amide bonds. The SMILES string of the molecule is Cc1cc(OCC(=O)N2CCN(C(C)C(=O)O)CC2)no1. The maximum atomic E-state index is 12.0. The highest BCUT2D eigenvalue weighted by atomic mass is 16.5. The Morgan fingerprint density at radius 1 is 1.43 bits per heavy atom. The number of aromatic nitrogens is 1. The highest BCUT2D eigenvalue weighted by molar-refractivity contribution is 5.78. The lowest BCUT2D eigenvalue weighted by molar-refractivity contribution is -0.144. The fourth-order valence-electron chi connectivity index (χ4n) is 2.15. The van der Waals surface area contributed by atoms with Gasteiger partial charge in [-0.05, 0) is 19.0 Å². The van der Waals surface area contributed by atoms with Crippen molar-refractivity contribution < 1.29 is 24.0 Å². The van der Waals surface area contributed by atoms with Crippen LogP contribution >= 0.6 is 0 Å². The predicted octanol–water partition coefficient (Wildman–Crippen LogP) is -0.0209. The Bertz CT molecular complexity index is 508. The summed E-state index contributed by atoms with van der Waals surface area (Å²) in [6.07, 6.45) is 0. The lowest BCUT2D eigenvalue weighted by atomic mass is 10.2. The van der Waals surface area contributed by atoms with Crippen molar-refractivity contribution in [3.8, 4) is 5.88 Å². The first-order valence-corrected chi connectivity index (χ1v) is 6.78. The largest absolute Gasteiger partial charge is 0.480 e. The number of hydrogen-bond acceptors (Lipinski definition) is 6. The second-order valence-electron chi connectivity index (χ2n) is 5.00. The lowest BCUT2D eigenvalue weighted by Gasteiger charge is -2.36. The predicted molar refractivity (Wildman–Crippen MR) is 72.0 cm³/mol. The molecule has 2 heterocycles. The number of aliphatic carboxylic acids is 1. The van der Waals surface area contributed by atoms with Crippen LogP contribution in [-0.4, -0.2) is 70.8 Å². The van der Waals surface area contributed by atoms with E-state index in [4.69, 9.17) is 14.4 Å². The van der Waals surface area contributed by atoms with Gasteiger partial charge in [-0.1, -0.05) is 0 Å². The van der Waals surface area contributed by atoms with Crippen LogP contribution in [0.5, 0.6) is 5.88 Å². The molecule has 0 bridgehead atoms. The lowest BCUT2D eigenvalue weighted by Crippen LogP contribution is -2.53. The van der Waals surface area contributed by atoms with Crippen LogP contribution in [0.2, 0.25) is 0 Å². The number of aryl methyl sites for hydroxylation is 1. The molecule has 1 aliphatic rings. The quantitative estimate of drug-likeness (QED) is 0.815. The van der Waals surface area contributed by atoms with Crippen LogP contribution in [0.4, 0.5) is 0 Å². The standard InChI is InChI=1S/C13H19N3O5/c1-9-7-11(14-21-9)20-8-12(17)16-5-3-15(4-6-16)10(2)13(18)19/h7,10H,3-6,8H2,1-2H3,(H,18,19). The third kappa shape index (κ3) is 3.94. The topological polar surface area (TPSA) is 96.1 Å². The summed E-state index contributed by atoms with van der Waals surface area (Å²) in [4.78, 5) is 26.4. The summed E-state index contributed by atoms with van der Waals surface area (Å²) >= 11 is 0. The Morgan fingerprint density at radius 3 is 2.62 bits per heavy atom. The normalized spacial score (nSPS) is 17.5. The van der Waals surface area contributed by atoms with E-state index in [2.05, 4.69) is 5.16 Å². The first kappa shape index (κ1) is 15.3. The molecule has 1 aromatic heterocycles. The van der Waals surface area contributed by atoms with Gasteiger partial charge in [0.25, 0.3) is 11.8 Å². The fraction of sp³-hybridized carbons (Fsp3) is 0.615. The smallest absolute Gasteiger partial charge is 0.320 e. The molecule has 1 unspecified atom stereocenters. The highest BCUT2D eigenvalue weighted by Gasteiger charge is 2.27. The van der Waals surface area contributed by atoms with Crippen molar-refractivity contribution in [1.29, 1.82) is 0 Å². The summed E-state index contributed by atoms with van der Waals surface area (Å²) in [5, 5.41) is 12.6. The van der Waals surface area contributed by atoms with Gasteiger partial charge in [-0.2, -0.15) is 0 Å². The number of carbonyl (C=O) groups is 2. The zero-order chi connectivity index (χ0) is 15.4.